The van der Waals surface area contributed by atoms with Crippen LogP contribution in [0.4, 0.5) is 0 Å². The second-order valence-corrected chi connectivity index (χ2v) is 6.71. The molecule has 0 bridgehead atoms. The van der Waals surface area contributed by atoms with E-state index in [1.165, 1.54) is 0 Å². The first kappa shape index (κ1) is 17.4. The van der Waals surface area contributed by atoms with E-state index in [9.17, 15) is 9.90 Å². The lowest BCUT2D eigenvalue weighted by molar-refractivity contribution is 0.0444. The molecule has 4 rings (SSSR count). The molecule has 1 fully saturated rings. The van der Waals surface area contributed by atoms with Gasteiger partial charge < -0.3 is 10.0 Å². The summed E-state index contributed by atoms with van der Waals surface area (Å²) in [6.07, 6.45) is 4.22. The molecule has 3 heterocycles. The Bertz CT molecular complexity index is 889. The van der Waals surface area contributed by atoms with Gasteiger partial charge in [0.25, 0.3) is 5.91 Å². The van der Waals surface area contributed by atoms with E-state index in [0.717, 1.165) is 18.5 Å². The van der Waals surface area contributed by atoms with Gasteiger partial charge in [-0.2, -0.15) is 0 Å². The minimum Gasteiger partial charge on any atom is -0.387 e. The number of carbonyl (C=O) groups excluding carboxylic acids is 1. The van der Waals surface area contributed by atoms with E-state index in [-0.39, 0.29) is 11.8 Å². The number of hydrogen-bond acceptors (Lipinski definition) is 5. The number of amides is 1. The van der Waals surface area contributed by atoms with Gasteiger partial charge in [0.2, 0.25) is 0 Å². The number of rotatable bonds is 4. The van der Waals surface area contributed by atoms with Crippen molar-refractivity contribution in [1.29, 1.82) is 0 Å². The standard InChI is InChI=1S/C20H21N5O2/c26-19(17-8-4-5-11-21-17)15-9-12-24(13-10-15)20(27)18-14-25(23-22-18)16-6-2-1-3-7-16/h1-8,11,14-15,19,26H,9-10,12-13H2/t19-/m1/s1. The van der Waals surface area contributed by atoms with Crippen molar-refractivity contribution in [1.82, 2.24) is 24.9 Å². The Morgan fingerprint density at radius 3 is 2.52 bits per heavy atom. The Balaban J connectivity index is 1.38. The molecule has 7 heteroatoms. The molecule has 27 heavy (non-hydrogen) atoms. The molecule has 3 aromatic rings. The molecule has 2 aromatic heterocycles. The summed E-state index contributed by atoms with van der Waals surface area (Å²) in [5.74, 6) is -0.0214. The van der Waals surface area contributed by atoms with Crippen LogP contribution in [0.25, 0.3) is 5.69 Å². The Morgan fingerprint density at radius 1 is 1.07 bits per heavy atom. The van der Waals surface area contributed by atoms with Gasteiger partial charge in [-0.25, -0.2) is 4.68 Å². The summed E-state index contributed by atoms with van der Waals surface area (Å²) in [5, 5.41) is 18.6. The zero-order valence-corrected chi connectivity index (χ0v) is 14.8. The maximum atomic E-state index is 12.7. The van der Waals surface area contributed by atoms with E-state index in [2.05, 4.69) is 15.3 Å². The normalized spacial score (nSPS) is 16.3. The Hall–Kier alpha value is -3.06. The molecule has 1 amide bonds. The third-order valence-corrected chi connectivity index (χ3v) is 5.00. The first-order valence-corrected chi connectivity index (χ1v) is 9.08. The first-order valence-electron chi connectivity index (χ1n) is 9.08. The lowest BCUT2D eigenvalue weighted by Crippen LogP contribution is -2.40. The van der Waals surface area contributed by atoms with Crippen LogP contribution in [-0.4, -0.2) is 49.0 Å². The van der Waals surface area contributed by atoms with Gasteiger partial charge in [0.1, 0.15) is 0 Å². The van der Waals surface area contributed by atoms with Crippen LogP contribution in [-0.2, 0) is 0 Å². The highest BCUT2D eigenvalue weighted by Crippen LogP contribution is 2.30. The summed E-state index contributed by atoms with van der Waals surface area (Å²) in [4.78, 5) is 18.7. The number of benzene rings is 1. The van der Waals surface area contributed by atoms with E-state index in [1.807, 2.05) is 48.5 Å². The number of likely N-dealkylation sites (tertiary alicyclic amines) is 1. The summed E-state index contributed by atoms with van der Waals surface area (Å²) in [6, 6.07) is 15.1. The largest absolute Gasteiger partial charge is 0.387 e. The summed E-state index contributed by atoms with van der Waals surface area (Å²) in [7, 11) is 0. The zero-order chi connectivity index (χ0) is 18.6. The van der Waals surface area contributed by atoms with Gasteiger partial charge in [-0.1, -0.05) is 29.5 Å². The number of aliphatic hydroxyl groups excluding tert-OH is 1. The van der Waals surface area contributed by atoms with Gasteiger partial charge in [-0.05, 0) is 43.0 Å². The molecule has 0 spiro atoms. The molecule has 1 N–H and O–H groups in total. The van der Waals surface area contributed by atoms with Crippen LogP contribution >= 0.6 is 0 Å². The molecule has 7 nitrogen and oxygen atoms in total. The molecular formula is C20H21N5O2. The maximum Gasteiger partial charge on any atom is 0.276 e. The van der Waals surface area contributed by atoms with Crippen LogP contribution in [0.2, 0.25) is 0 Å². The van der Waals surface area contributed by atoms with Crippen molar-refractivity contribution in [3.63, 3.8) is 0 Å². The average molecular weight is 363 g/mol. The summed E-state index contributed by atoms with van der Waals surface area (Å²) in [6.45, 7) is 1.18. The lowest BCUT2D eigenvalue weighted by atomic mass is 9.89. The van der Waals surface area contributed by atoms with Crippen molar-refractivity contribution in [3.05, 3.63) is 72.3 Å². The van der Waals surface area contributed by atoms with Crippen LogP contribution in [0.5, 0.6) is 0 Å². The van der Waals surface area contributed by atoms with E-state index in [4.69, 9.17) is 0 Å². The highest BCUT2D eigenvalue weighted by molar-refractivity contribution is 5.92. The van der Waals surface area contributed by atoms with Crippen LogP contribution in [0.15, 0.2) is 60.9 Å². The Labute approximate surface area is 157 Å². The van der Waals surface area contributed by atoms with Crippen molar-refractivity contribution >= 4 is 5.91 Å². The first-order chi connectivity index (χ1) is 13.2. The van der Waals surface area contributed by atoms with Gasteiger partial charge >= 0.3 is 0 Å². The quantitative estimate of drug-likeness (QED) is 0.769. The summed E-state index contributed by atoms with van der Waals surface area (Å²) in [5.41, 5.74) is 1.89. The second kappa shape index (κ2) is 7.67. The van der Waals surface area contributed by atoms with Crippen LogP contribution < -0.4 is 0 Å². The number of aliphatic hydroxyl groups is 1. The summed E-state index contributed by atoms with van der Waals surface area (Å²) >= 11 is 0. The monoisotopic (exact) mass is 363 g/mol. The van der Waals surface area contributed by atoms with Crippen LogP contribution in [0, 0.1) is 5.92 Å². The van der Waals surface area contributed by atoms with E-state index >= 15 is 0 Å². The minimum absolute atomic E-state index is 0.101. The molecule has 0 unspecified atom stereocenters. The van der Waals surface area contributed by atoms with E-state index in [0.29, 0.717) is 24.5 Å². The highest BCUT2D eigenvalue weighted by Gasteiger charge is 2.30. The van der Waals surface area contributed by atoms with E-state index in [1.54, 1.807) is 22.0 Å². The SMILES string of the molecule is O=C(c1cn(-c2ccccc2)nn1)N1CCC([C@@H](O)c2ccccn2)CC1. The molecule has 0 aliphatic carbocycles. The molecule has 1 atom stereocenters. The minimum atomic E-state index is -0.595. The van der Waals surface area contributed by atoms with Crippen molar-refractivity contribution in [2.45, 2.75) is 18.9 Å². The van der Waals surface area contributed by atoms with Crippen molar-refractivity contribution in [2.75, 3.05) is 13.1 Å². The molecular weight excluding hydrogens is 342 g/mol. The topological polar surface area (TPSA) is 84.1 Å². The molecule has 1 saturated heterocycles. The molecule has 1 aromatic carbocycles. The van der Waals surface area contributed by atoms with Crippen LogP contribution in [0.1, 0.15) is 35.1 Å². The number of pyridine rings is 1. The predicted octanol–water partition coefficient (Wildman–Crippen LogP) is 2.25. The third-order valence-electron chi connectivity index (χ3n) is 5.00. The fourth-order valence-corrected chi connectivity index (χ4v) is 3.44. The predicted molar refractivity (Wildman–Crippen MR) is 99.2 cm³/mol. The van der Waals surface area contributed by atoms with Gasteiger partial charge in [0.15, 0.2) is 5.69 Å². The number of nitrogens with zero attached hydrogens (tertiary/aromatic N) is 5. The molecule has 1 aliphatic rings. The van der Waals surface area contributed by atoms with Gasteiger partial charge in [-0.15, -0.1) is 5.10 Å². The highest BCUT2D eigenvalue weighted by atomic mass is 16.3. The van der Waals surface area contributed by atoms with Crippen molar-refractivity contribution < 1.29 is 9.90 Å². The number of hydrogen-bond donors (Lipinski definition) is 1. The second-order valence-electron chi connectivity index (χ2n) is 6.71. The maximum absolute atomic E-state index is 12.7. The van der Waals surface area contributed by atoms with Gasteiger partial charge in [0.05, 0.1) is 23.7 Å². The Morgan fingerprint density at radius 2 is 1.81 bits per heavy atom. The fraction of sp³-hybridized carbons (Fsp3) is 0.300. The molecule has 138 valence electrons. The summed E-state index contributed by atoms with van der Waals surface area (Å²) < 4.78 is 1.60. The number of carbonyl (C=O) groups is 1. The lowest BCUT2D eigenvalue weighted by Gasteiger charge is -2.33. The number of piperidine rings is 1. The van der Waals surface area contributed by atoms with Crippen molar-refractivity contribution in [2.24, 2.45) is 5.92 Å². The van der Waals surface area contributed by atoms with Crippen LogP contribution in [0.3, 0.4) is 0 Å². The smallest absolute Gasteiger partial charge is 0.276 e. The van der Waals surface area contributed by atoms with Gasteiger partial charge in [0, 0.05) is 19.3 Å². The number of para-hydroxylation sites is 1. The number of aromatic nitrogens is 4. The molecule has 0 saturated carbocycles. The molecule has 0 radical (unpaired) electrons. The van der Waals surface area contributed by atoms with Gasteiger partial charge in [-0.3, -0.25) is 9.78 Å². The third kappa shape index (κ3) is 3.73. The van der Waals surface area contributed by atoms with Crippen molar-refractivity contribution in [3.8, 4) is 5.69 Å². The zero-order valence-electron chi connectivity index (χ0n) is 14.8. The Kier molecular flexibility index (Phi) is 4.93. The fourth-order valence-electron chi connectivity index (χ4n) is 3.44. The van der Waals surface area contributed by atoms with E-state index < -0.39 is 6.10 Å². The average Bonchev–Trinajstić information content (AvgIpc) is 3.24. The molecule has 1 aliphatic heterocycles.